The van der Waals surface area contributed by atoms with Crippen LogP contribution in [0.1, 0.15) is 52.4 Å². The van der Waals surface area contributed by atoms with E-state index in [-0.39, 0.29) is 4.66 Å². The summed E-state index contributed by atoms with van der Waals surface area (Å²) in [5, 5.41) is 0. The normalized spacial score (nSPS) is 13.1. The highest BCUT2D eigenvalue weighted by molar-refractivity contribution is 9.10. The Labute approximate surface area is 102 Å². The van der Waals surface area contributed by atoms with Gasteiger partial charge in [-0.25, -0.2) is 8.42 Å². The first-order chi connectivity index (χ1) is 7.08. The van der Waals surface area contributed by atoms with Crippen molar-refractivity contribution in [2.45, 2.75) is 52.4 Å². The number of halogens is 1. The van der Waals surface area contributed by atoms with Crippen LogP contribution < -0.4 is 0 Å². The summed E-state index contributed by atoms with van der Waals surface area (Å²) >= 11 is 3.04. The third kappa shape index (κ3) is 6.36. The molecule has 0 aliphatic rings. The van der Waals surface area contributed by atoms with Gasteiger partial charge in [-0.15, -0.1) is 0 Å². The van der Waals surface area contributed by atoms with Crippen molar-refractivity contribution in [3.05, 3.63) is 11.0 Å². The summed E-state index contributed by atoms with van der Waals surface area (Å²) in [6.07, 6.45) is 7.61. The summed E-state index contributed by atoms with van der Waals surface area (Å²) in [7, 11) is -3.04. The van der Waals surface area contributed by atoms with Crippen LogP contribution in [0.3, 0.4) is 0 Å². The Morgan fingerprint density at radius 3 is 2.27 bits per heavy atom. The molecule has 0 aromatic carbocycles. The Bertz CT molecular complexity index is 281. The molecule has 0 bridgehead atoms. The van der Waals surface area contributed by atoms with Gasteiger partial charge in [0.1, 0.15) is 4.66 Å². The van der Waals surface area contributed by atoms with Crippen molar-refractivity contribution in [1.82, 2.24) is 0 Å². The zero-order valence-electron chi connectivity index (χ0n) is 9.63. The summed E-state index contributed by atoms with van der Waals surface area (Å²) in [4.78, 5) is 0.620. The molecule has 0 aliphatic heterocycles. The lowest BCUT2D eigenvalue weighted by Gasteiger charge is -2.06. The van der Waals surface area contributed by atoms with Crippen LogP contribution in [-0.4, -0.2) is 13.1 Å². The van der Waals surface area contributed by atoms with E-state index in [4.69, 9.17) is 0 Å². The monoisotopic (exact) mass is 296 g/mol. The van der Waals surface area contributed by atoms with Gasteiger partial charge >= 0.3 is 0 Å². The van der Waals surface area contributed by atoms with Gasteiger partial charge in [-0.3, -0.25) is 0 Å². The minimum Gasteiger partial charge on any atom is -0.223 e. The number of sulfone groups is 1. The molecule has 0 unspecified atom stereocenters. The maximum atomic E-state index is 11.7. The molecule has 0 aromatic rings. The molecule has 0 rings (SSSR count). The van der Waals surface area contributed by atoms with Crippen LogP contribution in [0.2, 0.25) is 0 Å². The molecular formula is C11H21BrO2S. The van der Waals surface area contributed by atoms with Crippen LogP contribution in [0.5, 0.6) is 0 Å². The fourth-order valence-corrected chi connectivity index (χ4v) is 3.12. The molecule has 15 heavy (non-hydrogen) atoms. The average Bonchev–Trinajstić information content (AvgIpc) is 2.23. The van der Waals surface area contributed by atoms with E-state index in [1.807, 2.05) is 6.08 Å². The maximum absolute atomic E-state index is 11.7. The number of unbranched alkanes of at least 4 members (excludes halogenated alkanes) is 3. The first kappa shape index (κ1) is 15.2. The summed E-state index contributed by atoms with van der Waals surface area (Å²) in [5.74, 6) is 0. The lowest BCUT2D eigenvalue weighted by atomic mass is 10.2. The Kier molecular flexibility index (Phi) is 8.43. The molecule has 0 fully saturated rings. The standard InChI is InChI=1S/C11H21BrO2S/c1-3-5-7-9-11(8-6-4-2)15(13,14)10-12/h9H,3-8,10H2,1-2H3/b11-9-. The molecule has 0 heterocycles. The largest absolute Gasteiger partial charge is 0.223 e. The number of rotatable bonds is 8. The smallest absolute Gasteiger partial charge is 0.184 e. The van der Waals surface area contributed by atoms with Crippen LogP contribution in [0.4, 0.5) is 0 Å². The van der Waals surface area contributed by atoms with Crippen LogP contribution in [0.15, 0.2) is 11.0 Å². The lowest BCUT2D eigenvalue weighted by molar-refractivity contribution is 0.603. The second kappa shape index (κ2) is 8.34. The zero-order valence-corrected chi connectivity index (χ0v) is 12.0. The number of allylic oxidation sites excluding steroid dienone is 2. The average molecular weight is 297 g/mol. The van der Waals surface area contributed by atoms with Crippen molar-refractivity contribution in [3.63, 3.8) is 0 Å². The van der Waals surface area contributed by atoms with E-state index in [2.05, 4.69) is 29.8 Å². The second-order valence-electron chi connectivity index (χ2n) is 3.64. The topological polar surface area (TPSA) is 34.1 Å². The van der Waals surface area contributed by atoms with E-state index in [0.29, 0.717) is 11.3 Å². The molecule has 90 valence electrons. The van der Waals surface area contributed by atoms with Crippen LogP contribution >= 0.6 is 15.9 Å². The first-order valence-corrected chi connectivity index (χ1v) is 8.33. The Morgan fingerprint density at radius 1 is 1.20 bits per heavy atom. The molecule has 0 atom stereocenters. The van der Waals surface area contributed by atoms with E-state index in [1.54, 1.807) is 0 Å². The Hall–Kier alpha value is 0.170. The number of hydrogen-bond acceptors (Lipinski definition) is 2. The van der Waals surface area contributed by atoms with Gasteiger partial charge in [-0.2, -0.15) is 0 Å². The van der Waals surface area contributed by atoms with Gasteiger partial charge in [0.15, 0.2) is 9.84 Å². The van der Waals surface area contributed by atoms with Gasteiger partial charge < -0.3 is 0 Å². The second-order valence-corrected chi connectivity index (χ2v) is 6.99. The summed E-state index contributed by atoms with van der Waals surface area (Å²) in [5.41, 5.74) is 0. The molecule has 0 amide bonds. The van der Waals surface area contributed by atoms with Gasteiger partial charge in [0.05, 0.1) is 0 Å². The highest BCUT2D eigenvalue weighted by Crippen LogP contribution is 2.18. The molecule has 0 aromatic heterocycles. The predicted octanol–water partition coefficient (Wildman–Crippen LogP) is 4.02. The fraction of sp³-hybridized carbons (Fsp3) is 0.818. The minimum atomic E-state index is -3.04. The Balaban J connectivity index is 4.50. The lowest BCUT2D eigenvalue weighted by Crippen LogP contribution is -2.05. The van der Waals surface area contributed by atoms with Crippen LogP contribution in [0, 0.1) is 0 Å². The van der Waals surface area contributed by atoms with E-state index in [1.165, 1.54) is 0 Å². The third-order valence-corrected chi connectivity index (χ3v) is 5.51. The summed E-state index contributed by atoms with van der Waals surface area (Å²) in [6.45, 7) is 4.18. The van der Waals surface area contributed by atoms with E-state index in [9.17, 15) is 8.42 Å². The van der Waals surface area contributed by atoms with Crippen LogP contribution in [-0.2, 0) is 9.84 Å². The van der Waals surface area contributed by atoms with Crippen LogP contribution in [0.25, 0.3) is 0 Å². The highest BCUT2D eigenvalue weighted by atomic mass is 79.9. The van der Waals surface area contributed by atoms with Gasteiger partial charge in [0, 0.05) is 4.91 Å². The quantitative estimate of drug-likeness (QED) is 0.501. The third-order valence-electron chi connectivity index (χ3n) is 2.25. The molecule has 0 N–H and O–H groups in total. The minimum absolute atomic E-state index is 0.0433. The predicted molar refractivity (Wildman–Crippen MR) is 69.8 cm³/mol. The van der Waals surface area contributed by atoms with Gasteiger partial charge in [-0.1, -0.05) is 55.1 Å². The van der Waals surface area contributed by atoms with Crippen molar-refractivity contribution in [2.75, 3.05) is 4.66 Å². The molecule has 0 aliphatic carbocycles. The summed E-state index contributed by atoms with van der Waals surface area (Å²) in [6, 6.07) is 0. The molecular weight excluding hydrogens is 276 g/mol. The highest BCUT2D eigenvalue weighted by Gasteiger charge is 2.14. The van der Waals surface area contributed by atoms with Gasteiger partial charge in [-0.05, 0) is 19.3 Å². The molecule has 2 nitrogen and oxygen atoms in total. The van der Waals surface area contributed by atoms with Crippen molar-refractivity contribution < 1.29 is 8.42 Å². The molecule has 0 saturated carbocycles. The number of hydrogen-bond donors (Lipinski definition) is 0. The first-order valence-electron chi connectivity index (χ1n) is 5.56. The van der Waals surface area contributed by atoms with Crippen molar-refractivity contribution >= 4 is 25.8 Å². The fourth-order valence-electron chi connectivity index (χ4n) is 1.27. The van der Waals surface area contributed by atoms with E-state index < -0.39 is 9.84 Å². The number of alkyl halides is 1. The SMILES string of the molecule is CCCC/C=C(/CCCC)S(=O)(=O)CBr. The maximum Gasteiger partial charge on any atom is 0.184 e. The molecule has 0 radical (unpaired) electrons. The molecule has 4 heteroatoms. The van der Waals surface area contributed by atoms with Crippen molar-refractivity contribution in [3.8, 4) is 0 Å². The molecule has 0 spiro atoms. The zero-order chi connectivity index (χ0) is 11.7. The van der Waals surface area contributed by atoms with Gasteiger partial charge in [0.25, 0.3) is 0 Å². The van der Waals surface area contributed by atoms with E-state index in [0.717, 1.165) is 32.1 Å². The molecule has 0 saturated heterocycles. The van der Waals surface area contributed by atoms with Gasteiger partial charge in [0.2, 0.25) is 0 Å². The summed E-state index contributed by atoms with van der Waals surface area (Å²) < 4.78 is 23.4. The van der Waals surface area contributed by atoms with E-state index >= 15 is 0 Å². The Morgan fingerprint density at radius 2 is 1.80 bits per heavy atom. The van der Waals surface area contributed by atoms with Crippen molar-refractivity contribution in [1.29, 1.82) is 0 Å². The van der Waals surface area contributed by atoms with Crippen molar-refractivity contribution in [2.24, 2.45) is 0 Å².